The number of amides is 2. The molecule has 2 amide bonds. The summed E-state index contributed by atoms with van der Waals surface area (Å²) in [6, 6.07) is 19.1. The van der Waals surface area contributed by atoms with Gasteiger partial charge < -0.3 is 24.1 Å². The lowest BCUT2D eigenvalue weighted by Crippen LogP contribution is -2.47. The molecule has 42 heavy (non-hydrogen) atoms. The highest BCUT2D eigenvalue weighted by atomic mass is 16.7. The van der Waals surface area contributed by atoms with Gasteiger partial charge in [-0.3, -0.25) is 14.5 Å². The first-order chi connectivity index (χ1) is 20.6. The van der Waals surface area contributed by atoms with Crippen molar-refractivity contribution in [2.75, 3.05) is 24.8 Å². The average molecular weight is 568 g/mol. The predicted molar refractivity (Wildman–Crippen MR) is 153 cm³/mol. The summed E-state index contributed by atoms with van der Waals surface area (Å²) >= 11 is 0. The van der Waals surface area contributed by atoms with Crippen LogP contribution in [0, 0.1) is 0 Å². The molecule has 0 radical (unpaired) electrons. The van der Waals surface area contributed by atoms with Crippen LogP contribution in [0.4, 0.5) is 5.69 Å². The molecular weight excluding hydrogens is 538 g/mol. The maximum atomic E-state index is 14.4. The fourth-order valence-electron chi connectivity index (χ4n) is 5.59. The molecule has 4 heterocycles. The zero-order valence-corrected chi connectivity index (χ0v) is 23.0. The third kappa shape index (κ3) is 4.69. The van der Waals surface area contributed by atoms with Crippen LogP contribution in [-0.4, -0.2) is 62.4 Å². The molecule has 214 valence electrons. The van der Waals surface area contributed by atoms with Crippen molar-refractivity contribution in [2.45, 2.75) is 31.5 Å². The number of nitrogens with zero attached hydrogens (tertiary/aromatic N) is 6. The zero-order valence-electron chi connectivity index (χ0n) is 23.0. The molecule has 12 nitrogen and oxygen atoms in total. The van der Waals surface area contributed by atoms with Gasteiger partial charge in [-0.15, -0.1) is 5.10 Å². The molecule has 1 fully saturated rings. The fourth-order valence-corrected chi connectivity index (χ4v) is 5.59. The van der Waals surface area contributed by atoms with E-state index in [0.29, 0.717) is 52.7 Å². The third-order valence-corrected chi connectivity index (χ3v) is 7.71. The van der Waals surface area contributed by atoms with Gasteiger partial charge in [0.1, 0.15) is 17.9 Å². The van der Waals surface area contributed by atoms with Gasteiger partial charge in [0.05, 0.1) is 22.7 Å². The van der Waals surface area contributed by atoms with Crippen molar-refractivity contribution in [1.29, 1.82) is 0 Å². The SMILES string of the molecule is Cn1c([C@H](C(=O)NC[C@H]2CCCO2)N(C(=O)Cn2nnc3ccccc32)c2ccc3c(c2)OCO3)nc2ccccc21. The molecule has 1 saturated heterocycles. The van der Waals surface area contributed by atoms with Gasteiger partial charge in [-0.2, -0.15) is 0 Å². The summed E-state index contributed by atoms with van der Waals surface area (Å²) in [4.78, 5) is 34.9. The molecule has 0 spiro atoms. The molecule has 0 bridgehead atoms. The van der Waals surface area contributed by atoms with Crippen molar-refractivity contribution in [1.82, 2.24) is 29.9 Å². The number of hydrogen-bond acceptors (Lipinski definition) is 8. The molecule has 0 aliphatic carbocycles. The molecule has 7 rings (SSSR count). The van der Waals surface area contributed by atoms with Crippen LogP contribution in [0.2, 0.25) is 0 Å². The lowest BCUT2D eigenvalue weighted by atomic mass is 10.1. The van der Waals surface area contributed by atoms with E-state index in [1.54, 1.807) is 18.2 Å². The number of nitrogens with one attached hydrogen (secondary N) is 1. The number of hydrogen-bond donors (Lipinski definition) is 1. The smallest absolute Gasteiger partial charge is 0.251 e. The summed E-state index contributed by atoms with van der Waals surface area (Å²) < 4.78 is 20.3. The van der Waals surface area contributed by atoms with Crippen LogP contribution in [0.5, 0.6) is 11.5 Å². The number of carbonyl (C=O) groups excluding carboxylic acids is 2. The quantitative estimate of drug-likeness (QED) is 0.303. The Morgan fingerprint density at radius 3 is 2.62 bits per heavy atom. The van der Waals surface area contributed by atoms with E-state index in [1.807, 2.05) is 60.1 Å². The normalized spacial score (nSPS) is 16.6. The number of ether oxygens (including phenoxy) is 3. The van der Waals surface area contributed by atoms with Gasteiger partial charge in [-0.25, -0.2) is 9.67 Å². The van der Waals surface area contributed by atoms with E-state index in [0.717, 1.165) is 18.4 Å². The minimum absolute atomic E-state index is 0.0771. The molecule has 2 aliphatic rings. The Morgan fingerprint density at radius 2 is 1.81 bits per heavy atom. The van der Waals surface area contributed by atoms with Crippen molar-refractivity contribution in [3.05, 3.63) is 72.6 Å². The lowest BCUT2D eigenvalue weighted by molar-refractivity contribution is -0.127. The van der Waals surface area contributed by atoms with Crippen LogP contribution < -0.4 is 19.7 Å². The Labute approximate surface area is 240 Å². The first kappa shape index (κ1) is 26.0. The minimum Gasteiger partial charge on any atom is -0.454 e. The van der Waals surface area contributed by atoms with Crippen LogP contribution >= 0.6 is 0 Å². The van der Waals surface area contributed by atoms with Gasteiger partial charge in [0.25, 0.3) is 5.91 Å². The van der Waals surface area contributed by atoms with Gasteiger partial charge in [0.15, 0.2) is 17.5 Å². The standard InChI is InChI=1S/C30H29N7O5/c1-35-23-10-4-2-8-21(23)32-29(35)28(30(39)31-16-20-7-6-14-40-20)37(19-12-13-25-26(15-19)42-18-41-25)27(38)17-36-24-11-5-3-9-22(24)33-34-36/h2-5,8-13,15,20,28H,6-7,14,16-18H2,1H3,(H,31,39)/t20-,28-/m1/s1. The highest BCUT2D eigenvalue weighted by Crippen LogP contribution is 2.38. The monoisotopic (exact) mass is 567 g/mol. The highest BCUT2D eigenvalue weighted by molar-refractivity contribution is 6.02. The van der Waals surface area contributed by atoms with Crippen LogP contribution in [-0.2, 0) is 27.9 Å². The van der Waals surface area contributed by atoms with E-state index in [-0.39, 0.29) is 31.3 Å². The van der Waals surface area contributed by atoms with Gasteiger partial charge in [-0.05, 0) is 49.2 Å². The molecule has 0 unspecified atom stereocenters. The second-order valence-electron chi connectivity index (χ2n) is 10.3. The molecule has 0 saturated carbocycles. The van der Waals surface area contributed by atoms with Crippen LogP contribution in [0.25, 0.3) is 22.1 Å². The largest absolute Gasteiger partial charge is 0.454 e. The molecule has 2 atom stereocenters. The number of benzene rings is 3. The topological polar surface area (TPSA) is 126 Å². The maximum absolute atomic E-state index is 14.4. The molecular formula is C30H29N7O5. The first-order valence-corrected chi connectivity index (χ1v) is 13.9. The molecule has 2 aliphatic heterocycles. The second-order valence-corrected chi connectivity index (χ2v) is 10.3. The molecule has 1 N–H and O–H groups in total. The van der Waals surface area contributed by atoms with Crippen LogP contribution in [0.15, 0.2) is 66.7 Å². The number of fused-ring (bicyclic) bond motifs is 3. The van der Waals surface area contributed by atoms with E-state index in [2.05, 4.69) is 15.6 Å². The van der Waals surface area contributed by atoms with E-state index in [1.165, 1.54) is 9.58 Å². The Balaban J connectivity index is 1.34. The van der Waals surface area contributed by atoms with Gasteiger partial charge in [0, 0.05) is 32.0 Å². The summed E-state index contributed by atoms with van der Waals surface area (Å²) in [5.41, 5.74) is 3.38. The number of aryl methyl sites for hydroxylation is 1. The third-order valence-electron chi connectivity index (χ3n) is 7.71. The fraction of sp³-hybridized carbons (Fsp3) is 0.300. The number of anilines is 1. The number of para-hydroxylation sites is 3. The first-order valence-electron chi connectivity index (χ1n) is 13.9. The predicted octanol–water partition coefficient (Wildman–Crippen LogP) is 3.12. The maximum Gasteiger partial charge on any atom is 0.251 e. The Hall–Kier alpha value is -4.97. The van der Waals surface area contributed by atoms with Crippen LogP contribution in [0.1, 0.15) is 24.7 Å². The van der Waals surface area contributed by atoms with Crippen molar-refractivity contribution in [3.8, 4) is 11.5 Å². The number of carbonyl (C=O) groups is 2. The van der Waals surface area contributed by atoms with Crippen molar-refractivity contribution < 1.29 is 23.8 Å². The van der Waals surface area contributed by atoms with Crippen molar-refractivity contribution in [3.63, 3.8) is 0 Å². The summed E-state index contributed by atoms with van der Waals surface area (Å²) in [5.74, 6) is 0.707. The number of imidazole rings is 1. The van der Waals surface area contributed by atoms with E-state index < -0.39 is 6.04 Å². The van der Waals surface area contributed by atoms with E-state index in [9.17, 15) is 9.59 Å². The van der Waals surface area contributed by atoms with Gasteiger partial charge in [-0.1, -0.05) is 29.5 Å². The molecule has 2 aromatic heterocycles. The van der Waals surface area contributed by atoms with Gasteiger partial charge in [0.2, 0.25) is 12.7 Å². The molecule has 12 heteroatoms. The average Bonchev–Trinajstić information content (AvgIpc) is 3.82. The zero-order chi connectivity index (χ0) is 28.6. The Bertz CT molecular complexity index is 1790. The molecule has 3 aromatic carbocycles. The van der Waals surface area contributed by atoms with Crippen molar-refractivity contribution >= 4 is 39.6 Å². The second kappa shape index (κ2) is 10.8. The molecule has 5 aromatic rings. The van der Waals surface area contributed by atoms with Crippen LogP contribution in [0.3, 0.4) is 0 Å². The summed E-state index contributed by atoms with van der Waals surface area (Å²) in [6.07, 6.45) is 1.73. The number of aromatic nitrogens is 5. The minimum atomic E-state index is -1.12. The van der Waals surface area contributed by atoms with E-state index >= 15 is 0 Å². The number of rotatable bonds is 8. The lowest BCUT2D eigenvalue weighted by Gasteiger charge is -2.31. The van der Waals surface area contributed by atoms with E-state index in [4.69, 9.17) is 19.2 Å². The summed E-state index contributed by atoms with van der Waals surface area (Å²) in [6.45, 7) is 0.917. The Kier molecular flexibility index (Phi) is 6.67. The summed E-state index contributed by atoms with van der Waals surface area (Å²) in [7, 11) is 1.85. The van der Waals surface area contributed by atoms with Crippen molar-refractivity contribution in [2.24, 2.45) is 7.05 Å². The van der Waals surface area contributed by atoms with Gasteiger partial charge >= 0.3 is 0 Å². The summed E-state index contributed by atoms with van der Waals surface area (Å²) in [5, 5.41) is 11.5. The highest BCUT2D eigenvalue weighted by Gasteiger charge is 2.37. The Morgan fingerprint density at radius 1 is 1.02 bits per heavy atom.